The van der Waals surface area contributed by atoms with Gasteiger partial charge in [0.25, 0.3) is 0 Å². The fraction of sp³-hybridized carbons (Fsp3) is 0.429. The number of aromatic nitrogens is 3. The summed E-state index contributed by atoms with van der Waals surface area (Å²) in [6, 6.07) is 9.67. The largest absolute Gasteiger partial charge is 0.611 e. The number of fused-ring (bicyclic) bond motifs is 1. The van der Waals surface area contributed by atoms with E-state index >= 15 is 0 Å². The van der Waals surface area contributed by atoms with Gasteiger partial charge in [0.1, 0.15) is 17.1 Å². The summed E-state index contributed by atoms with van der Waals surface area (Å²) in [5.74, 6) is 2.14. The molecule has 0 bridgehead atoms. The van der Waals surface area contributed by atoms with Gasteiger partial charge in [0, 0.05) is 26.3 Å². The van der Waals surface area contributed by atoms with Gasteiger partial charge in [0.15, 0.2) is 10.7 Å². The van der Waals surface area contributed by atoms with Crippen molar-refractivity contribution in [2.24, 2.45) is 0 Å². The van der Waals surface area contributed by atoms with Crippen LogP contribution >= 0.6 is 0 Å². The molecule has 0 aliphatic carbocycles. The molecule has 150 valence electrons. The van der Waals surface area contributed by atoms with E-state index in [-0.39, 0.29) is 0 Å². The first-order valence-electron chi connectivity index (χ1n) is 9.64. The first kappa shape index (κ1) is 20.6. The lowest BCUT2D eigenvalue weighted by Gasteiger charge is -2.12. The Kier molecular flexibility index (Phi) is 7.30. The maximum absolute atomic E-state index is 12.3. The standard InChI is InChI=1S/C21H28N4O2S/c1-16-15-23-21(22)19-20(16)25(18(24-19)11-13-27-2)12-7-4-8-14-28(26)17-9-5-3-6-10-17/h3,5-6,9-10,15H,4,7-8,11-14H2,1-2H3,(H2,22,23). The van der Waals surface area contributed by atoms with E-state index in [1.807, 2.05) is 37.3 Å². The quantitative estimate of drug-likeness (QED) is 0.416. The van der Waals surface area contributed by atoms with Crippen molar-refractivity contribution in [2.75, 3.05) is 25.2 Å². The summed E-state index contributed by atoms with van der Waals surface area (Å²) in [6.07, 6.45) is 5.49. The van der Waals surface area contributed by atoms with Gasteiger partial charge in [0.2, 0.25) is 0 Å². The third kappa shape index (κ3) is 4.84. The number of pyridine rings is 1. The van der Waals surface area contributed by atoms with Crippen LogP contribution in [0.5, 0.6) is 0 Å². The van der Waals surface area contributed by atoms with Crippen LogP contribution in [0.25, 0.3) is 11.0 Å². The van der Waals surface area contributed by atoms with E-state index in [1.165, 1.54) is 0 Å². The normalized spacial score (nSPS) is 12.5. The second-order valence-electron chi connectivity index (χ2n) is 6.87. The Hall–Kier alpha value is -2.09. The van der Waals surface area contributed by atoms with Gasteiger partial charge in [-0.2, -0.15) is 0 Å². The lowest BCUT2D eigenvalue weighted by Crippen LogP contribution is -2.09. The van der Waals surface area contributed by atoms with Gasteiger partial charge in [-0.1, -0.05) is 18.2 Å². The fourth-order valence-electron chi connectivity index (χ4n) is 3.36. The summed E-state index contributed by atoms with van der Waals surface area (Å²) in [4.78, 5) is 9.87. The van der Waals surface area contributed by atoms with Crippen molar-refractivity contribution in [1.82, 2.24) is 14.5 Å². The van der Waals surface area contributed by atoms with Crippen LogP contribution in [0.15, 0.2) is 41.4 Å². The number of aryl methyl sites for hydroxylation is 2. The van der Waals surface area contributed by atoms with E-state index in [1.54, 1.807) is 13.3 Å². The van der Waals surface area contributed by atoms with Gasteiger partial charge in [-0.05, 0) is 55.1 Å². The highest BCUT2D eigenvalue weighted by Gasteiger charge is 2.16. The first-order chi connectivity index (χ1) is 13.6. The number of unbranched alkanes of at least 4 members (excludes halogenated alkanes) is 2. The van der Waals surface area contributed by atoms with Crippen molar-refractivity contribution in [2.45, 2.75) is 44.0 Å². The van der Waals surface area contributed by atoms with E-state index in [4.69, 9.17) is 15.5 Å². The zero-order valence-corrected chi connectivity index (χ0v) is 17.4. The molecule has 7 heteroatoms. The topological polar surface area (TPSA) is 89.0 Å². The third-order valence-electron chi connectivity index (χ3n) is 4.81. The third-order valence-corrected chi connectivity index (χ3v) is 6.26. The smallest absolute Gasteiger partial charge is 0.152 e. The predicted molar refractivity (Wildman–Crippen MR) is 114 cm³/mol. The van der Waals surface area contributed by atoms with Crippen molar-refractivity contribution in [3.05, 3.63) is 47.9 Å². The molecule has 2 heterocycles. The highest BCUT2D eigenvalue weighted by atomic mass is 32.2. The Morgan fingerprint density at radius 3 is 2.71 bits per heavy atom. The van der Waals surface area contributed by atoms with Crippen LogP contribution in [0.3, 0.4) is 0 Å². The van der Waals surface area contributed by atoms with Gasteiger partial charge in [0.05, 0.1) is 12.1 Å². The van der Waals surface area contributed by atoms with Gasteiger partial charge in [-0.15, -0.1) is 0 Å². The van der Waals surface area contributed by atoms with Gasteiger partial charge < -0.3 is 19.6 Å². The summed E-state index contributed by atoms with van der Waals surface area (Å²) < 4.78 is 19.8. The zero-order valence-electron chi connectivity index (χ0n) is 16.6. The molecule has 2 aromatic heterocycles. The Labute approximate surface area is 169 Å². The van der Waals surface area contributed by atoms with Crippen molar-refractivity contribution in [1.29, 1.82) is 0 Å². The fourth-order valence-corrected chi connectivity index (χ4v) is 4.52. The van der Waals surface area contributed by atoms with E-state index in [2.05, 4.69) is 9.55 Å². The second kappa shape index (κ2) is 9.91. The maximum Gasteiger partial charge on any atom is 0.152 e. The molecule has 0 amide bonds. The Balaban J connectivity index is 1.62. The number of nitrogens with zero attached hydrogens (tertiary/aromatic N) is 3. The number of anilines is 1. The highest BCUT2D eigenvalue weighted by Crippen LogP contribution is 2.24. The predicted octanol–water partition coefficient (Wildman–Crippen LogP) is 3.49. The molecule has 28 heavy (non-hydrogen) atoms. The van der Waals surface area contributed by atoms with Gasteiger partial charge in [-0.3, -0.25) is 0 Å². The summed E-state index contributed by atoms with van der Waals surface area (Å²) in [7, 11) is 1.70. The molecule has 1 aromatic carbocycles. The van der Waals surface area contributed by atoms with E-state index in [0.29, 0.717) is 18.2 Å². The Bertz CT molecular complexity index is 898. The minimum atomic E-state index is -0.922. The van der Waals surface area contributed by atoms with E-state index in [0.717, 1.165) is 59.5 Å². The molecular formula is C21H28N4O2S. The van der Waals surface area contributed by atoms with Gasteiger partial charge >= 0.3 is 0 Å². The Morgan fingerprint density at radius 2 is 1.96 bits per heavy atom. The molecule has 0 saturated carbocycles. The molecule has 3 aromatic rings. The van der Waals surface area contributed by atoms with E-state index in [9.17, 15) is 4.55 Å². The number of nitrogen functional groups attached to an aromatic ring is 1. The number of rotatable bonds is 10. The minimum absolute atomic E-state index is 0.469. The number of hydrogen-bond donors (Lipinski definition) is 1. The van der Waals surface area contributed by atoms with Crippen LogP contribution in [0.4, 0.5) is 5.82 Å². The Morgan fingerprint density at radius 1 is 1.18 bits per heavy atom. The average molecular weight is 401 g/mol. The van der Waals surface area contributed by atoms with Crippen LogP contribution in [0, 0.1) is 6.92 Å². The van der Waals surface area contributed by atoms with Crippen LogP contribution in [0.1, 0.15) is 30.7 Å². The van der Waals surface area contributed by atoms with Crippen molar-refractivity contribution < 1.29 is 9.29 Å². The number of imidazole rings is 1. The SMILES string of the molecule is COCCc1nc2c(N)ncc(C)c2n1CCCCC[S+]([O-])c1ccccc1. The maximum atomic E-state index is 12.3. The van der Waals surface area contributed by atoms with E-state index < -0.39 is 11.2 Å². The summed E-state index contributed by atoms with van der Waals surface area (Å²) in [5, 5.41) is 0. The molecular weight excluding hydrogens is 372 g/mol. The second-order valence-corrected chi connectivity index (χ2v) is 8.44. The molecule has 3 rings (SSSR count). The molecule has 0 saturated heterocycles. The number of nitrogens with two attached hydrogens (primary N) is 1. The minimum Gasteiger partial charge on any atom is -0.611 e. The van der Waals surface area contributed by atoms with Crippen LogP contribution in [0.2, 0.25) is 0 Å². The van der Waals surface area contributed by atoms with Crippen LogP contribution in [-0.4, -0.2) is 38.6 Å². The summed E-state index contributed by atoms with van der Waals surface area (Å²) in [5.41, 5.74) is 8.96. The lowest BCUT2D eigenvalue weighted by molar-refractivity contribution is 0.199. The number of methoxy groups -OCH3 is 1. The first-order valence-corrected chi connectivity index (χ1v) is 11.0. The lowest BCUT2D eigenvalue weighted by atomic mass is 10.2. The number of benzene rings is 1. The highest BCUT2D eigenvalue weighted by molar-refractivity contribution is 7.91. The number of ether oxygens (including phenoxy) is 1. The van der Waals surface area contributed by atoms with Crippen molar-refractivity contribution >= 4 is 28.0 Å². The molecule has 1 unspecified atom stereocenters. The monoisotopic (exact) mass is 400 g/mol. The summed E-state index contributed by atoms with van der Waals surface area (Å²) >= 11 is -0.922. The molecule has 0 radical (unpaired) electrons. The van der Waals surface area contributed by atoms with Crippen molar-refractivity contribution in [3.8, 4) is 0 Å². The molecule has 6 nitrogen and oxygen atoms in total. The molecule has 0 fully saturated rings. The van der Waals surface area contributed by atoms with Crippen molar-refractivity contribution in [3.63, 3.8) is 0 Å². The zero-order chi connectivity index (χ0) is 19.9. The van der Waals surface area contributed by atoms with Gasteiger partial charge in [-0.25, -0.2) is 9.97 Å². The average Bonchev–Trinajstić information content (AvgIpc) is 3.09. The molecule has 0 aliphatic heterocycles. The molecule has 0 aliphatic rings. The molecule has 1 atom stereocenters. The van der Waals surface area contributed by atoms with Crippen LogP contribution < -0.4 is 5.73 Å². The van der Waals surface area contributed by atoms with Crippen LogP contribution in [-0.2, 0) is 28.9 Å². The summed E-state index contributed by atoms with van der Waals surface area (Å²) in [6.45, 7) is 3.51. The molecule has 0 spiro atoms. The molecule has 2 N–H and O–H groups in total. The number of hydrogen-bond acceptors (Lipinski definition) is 5.